The van der Waals surface area contributed by atoms with Crippen LogP contribution in [0.4, 0.5) is 0 Å². The Morgan fingerprint density at radius 3 is 2.88 bits per heavy atom. The van der Waals surface area contributed by atoms with Gasteiger partial charge in [-0.2, -0.15) is 11.8 Å². The molecule has 0 radical (unpaired) electrons. The molecule has 0 aliphatic rings. The summed E-state index contributed by atoms with van der Waals surface area (Å²) in [5, 5.41) is 8.89. The van der Waals surface area contributed by atoms with Crippen LogP contribution in [0.15, 0.2) is 24.5 Å². The van der Waals surface area contributed by atoms with Crippen molar-refractivity contribution in [3.8, 4) is 0 Å². The van der Waals surface area contributed by atoms with E-state index in [4.69, 9.17) is 10.8 Å². The fourth-order valence-electron chi connectivity index (χ4n) is 1.37. The topological polar surface area (TPSA) is 76.2 Å². The van der Waals surface area contributed by atoms with E-state index in [0.29, 0.717) is 0 Å². The van der Waals surface area contributed by atoms with Crippen LogP contribution in [-0.4, -0.2) is 32.6 Å². The number of carbonyl (C=O) groups is 1. The third kappa shape index (κ3) is 4.36. The summed E-state index contributed by atoms with van der Waals surface area (Å²) in [6.07, 6.45) is 4.43. The molecule has 0 saturated heterocycles. The number of thioether (sulfide) groups is 1. The number of nitrogens with zero attached hydrogens (tertiary/aromatic N) is 1. The van der Waals surface area contributed by atoms with Crippen LogP contribution in [0.3, 0.4) is 0 Å². The molecule has 1 rings (SSSR count). The summed E-state index contributed by atoms with van der Waals surface area (Å²) in [6, 6.07) is 3.06. The van der Waals surface area contributed by atoms with Crippen LogP contribution in [0.1, 0.15) is 19.4 Å². The monoisotopic (exact) mass is 254 g/mol. The predicted molar refractivity (Wildman–Crippen MR) is 70.1 cm³/mol. The minimum atomic E-state index is -0.955. The summed E-state index contributed by atoms with van der Waals surface area (Å²) >= 11 is 1.58. The Morgan fingerprint density at radius 1 is 1.65 bits per heavy atom. The average molecular weight is 254 g/mol. The zero-order chi connectivity index (χ0) is 12.9. The second kappa shape index (κ2) is 6.02. The van der Waals surface area contributed by atoms with Crippen molar-refractivity contribution in [1.82, 2.24) is 4.98 Å². The normalized spacial score (nSPS) is 13.4. The molecule has 0 saturated carbocycles. The SMILES string of the molecule is CC(C)(SCCc1cccnc1)[C@H](N)C(=O)O. The summed E-state index contributed by atoms with van der Waals surface area (Å²) in [5.41, 5.74) is 6.79. The molecule has 0 aliphatic carbocycles. The molecule has 0 spiro atoms. The Kier molecular flexibility index (Phi) is 4.96. The first-order valence-electron chi connectivity index (χ1n) is 5.45. The molecule has 0 fully saturated rings. The van der Waals surface area contributed by atoms with E-state index in [2.05, 4.69) is 4.98 Å². The number of carboxylic acids is 1. The minimum Gasteiger partial charge on any atom is -0.480 e. The first kappa shape index (κ1) is 14.0. The predicted octanol–water partition coefficient (Wildman–Crippen LogP) is 1.55. The highest BCUT2D eigenvalue weighted by Gasteiger charge is 2.32. The van der Waals surface area contributed by atoms with Gasteiger partial charge in [-0.05, 0) is 37.7 Å². The lowest BCUT2D eigenvalue weighted by Crippen LogP contribution is -2.46. The number of rotatable bonds is 6. The van der Waals surface area contributed by atoms with Crippen LogP contribution in [0, 0.1) is 0 Å². The lowest BCUT2D eigenvalue weighted by Gasteiger charge is -2.27. The standard InChI is InChI=1S/C12H18N2O2S/c1-12(2,10(13)11(15)16)17-7-5-9-4-3-6-14-8-9/h3-4,6,8,10H,5,7,13H2,1-2H3,(H,15,16)/t10-/m1/s1. The summed E-state index contributed by atoms with van der Waals surface area (Å²) in [4.78, 5) is 14.9. The fraction of sp³-hybridized carbons (Fsp3) is 0.500. The molecule has 1 aromatic heterocycles. The molecule has 94 valence electrons. The van der Waals surface area contributed by atoms with Crippen molar-refractivity contribution >= 4 is 17.7 Å². The Bertz CT molecular complexity index is 368. The molecule has 17 heavy (non-hydrogen) atoms. The van der Waals surface area contributed by atoms with Crippen molar-refractivity contribution < 1.29 is 9.90 Å². The molecule has 0 aliphatic heterocycles. The van der Waals surface area contributed by atoms with Gasteiger partial charge in [-0.15, -0.1) is 0 Å². The number of hydrogen-bond donors (Lipinski definition) is 2. The van der Waals surface area contributed by atoms with Crippen molar-refractivity contribution in [3.63, 3.8) is 0 Å². The number of hydrogen-bond acceptors (Lipinski definition) is 4. The van der Waals surface area contributed by atoms with Gasteiger partial charge in [0.05, 0.1) is 0 Å². The lowest BCUT2D eigenvalue weighted by atomic mass is 10.1. The van der Waals surface area contributed by atoms with E-state index in [1.807, 2.05) is 32.2 Å². The Labute approximate surface area is 106 Å². The highest BCUT2D eigenvalue weighted by Crippen LogP contribution is 2.28. The molecule has 3 N–H and O–H groups in total. The highest BCUT2D eigenvalue weighted by atomic mass is 32.2. The summed E-state index contributed by atoms with van der Waals surface area (Å²) in [7, 11) is 0. The maximum atomic E-state index is 10.8. The molecule has 0 amide bonds. The van der Waals surface area contributed by atoms with Crippen LogP contribution in [0.5, 0.6) is 0 Å². The molecule has 1 aromatic rings. The summed E-state index contributed by atoms with van der Waals surface area (Å²) in [6.45, 7) is 3.72. The minimum absolute atomic E-state index is 0.464. The van der Waals surface area contributed by atoms with Gasteiger partial charge in [0.15, 0.2) is 0 Å². The number of nitrogens with two attached hydrogens (primary N) is 1. The Morgan fingerprint density at radius 2 is 2.35 bits per heavy atom. The number of pyridine rings is 1. The summed E-state index contributed by atoms with van der Waals surface area (Å²) in [5.74, 6) is -0.122. The number of carboxylic acid groups (broad SMARTS) is 1. The summed E-state index contributed by atoms with van der Waals surface area (Å²) < 4.78 is -0.464. The molecule has 0 unspecified atom stereocenters. The van der Waals surface area contributed by atoms with Crippen LogP contribution >= 0.6 is 11.8 Å². The van der Waals surface area contributed by atoms with Crippen LogP contribution < -0.4 is 5.73 Å². The van der Waals surface area contributed by atoms with E-state index in [0.717, 1.165) is 17.7 Å². The Balaban J connectivity index is 2.43. The first-order chi connectivity index (χ1) is 7.93. The van der Waals surface area contributed by atoms with Crippen molar-refractivity contribution in [2.24, 2.45) is 5.73 Å². The van der Waals surface area contributed by atoms with Gasteiger partial charge < -0.3 is 10.8 Å². The maximum absolute atomic E-state index is 10.8. The molecule has 0 bridgehead atoms. The van der Waals surface area contributed by atoms with Gasteiger partial charge in [0.25, 0.3) is 0 Å². The molecule has 0 aromatic carbocycles. The van der Waals surface area contributed by atoms with E-state index in [9.17, 15) is 4.79 Å². The largest absolute Gasteiger partial charge is 0.480 e. The third-order valence-electron chi connectivity index (χ3n) is 2.60. The van der Waals surface area contributed by atoms with Crippen molar-refractivity contribution in [2.75, 3.05) is 5.75 Å². The van der Waals surface area contributed by atoms with Crippen molar-refractivity contribution in [3.05, 3.63) is 30.1 Å². The number of aliphatic carboxylic acids is 1. The zero-order valence-corrected chi connectivity index (χ0v) is 10.9. The average Bonchev–Trinajstić information content (AvgIpc) is 2.29. The van der Waals surface area contributed by atoms with Crippen LogP contribution in [-0.2, 0) is 11.2 Å². The van der Waals surface area contributed by atoms with Gasteiger partial charge in [0.1, 0.15) is 6.04 Å². The van der Waals surface area contributed by atoms with E-state index < -0.39 is 16.8 Å². The maximum Gasteiger partial charge on any atom is 0.321 e. The van der Waals surface area contributed by atoms with Gasteiger partial charge >= 0.3 is 5.97 Å². The quantitative estimate of drug-likeness (QED) is 0.805. The van der Waals surface area contributed by atoms with Gasteiger partial charge in [-0.25, -0.2) is 0 Å². The molecular formula is C12H18N2O2S. The lowest BCUT2D eigenvalue weighted by molar-refractivity contribution is -0.139. The van der Waals surface area contributed by atoms with E-state index in [1.54, 1.807) is 18.0 Å². The molecule has 1 heterocycles. The van der Waals surface area contributed by atoms with Crippen molar-refractivity contribution in [2.45, 2.75) is 31.1 Å². The molecular weight excluding hydrogens is 236 g/mol. The van der Waals surface area contributed by atoms with Gasteiger partial charge in [0.2, 0.25) is 0 Å². The van der Waals surface area contributed by atoms with Gasteiger partial charge in [-0.3, -0.25) is 9.78 Å². The fourth-order valence-corrected chi connectivity index (χ4v) is 2.51. The zero-order valence-electron chi connectivity index (χ0n) is 10.1. The van der Waals surface area contributed by atoms with E-state index >= 15 is 0 Å². The van der Waals surface area contributed by atoms with Gasteiger partial charge in [-0.1, -0.05) is 6.07 Å². The molecule has 1 atom stereocenters. The second-order valence-electron chi connectivity index (χ2n) is 4.38. The van der Waals surface area contributed by atoms with E-state index in [1.165, 1.54) is 0 Å². The number of aryl methyl sites for hydroxylation is 1. The van der Waals surface area contributed by atoms with Crippen LogP contribution in [0.25, 0.3) is 0 Å². The second-order valence-corrected chi connectivity index (χ2v) is 6.13. The molecule has 4 nitrogen and oxygen atoms in total. The third-order valence-corrected chi connectivity index (χ3v) is 4.01. The molecule has 5 heteroatoms. The smallest absolute Gasteiger partial charge is 0.321 e. The van der Waals surface area contributed by atoms with E-state index in [-0.39, 0.29) is 0 Å². The highest BCUT2D eigenvalue weighted by molar-refractivity contribution is 8.00. The van der Waals surface area contributed by atoms with Gasteiger partial charge in [0, 0.05) is 17.1 Å². The van der Waals surface area contributed by atoms with Crippen molar-refractivity contribution in [1.29, 1.82) is 0 Å². The Hall–Kier alpha value is -1.07. The van der Waals surface area contributed by atoms with Crippen LogP contribution in [0.2, 0.25) is 0 Å². The number of aromatic nitrogens is 1. The first-order valence-corrected chi connectivity index (χ1v) is 6.43.